The monoisotopic (exact) mass is 420 g/mol. The molecule has 25 heavy (non-hydrogen) atoms. The van der Waals surface area contributed by atoms with Gasteiger partial charge in [0.25, 0.3) is 5.91 Å². The van der Waals surface area contributed by atoms with E-state index in [2.05, 4.69) is 4.72 Å². The number of sulfonamides is 1. The molecule has 1 heterocycles. The van der Waals surface area contributed by atoms with Crippen molar-refractivity contribution in [3.05, 3.63) is 55.7 Å². The summed E-state index contributed by atoms with van der Waals surface area (Å²) in [5.41, 5.74) is 0.816. The van der Waals surface area contributed by atoms with Gasteiger partial charge in [-0.25, -0.2) is 13.1 Å². The molecule has 0 spiro atoms. The predicted molar refractivity (Wildman–Crippen MR) is 103 cm³/mol. The van der Waals surface area contributed by atoms with E-state index in [1.807, 2.05) is 6.07 Å². The summed E-state index contributed by atoms with van der Waals surface area (Å²) in [5.74, 6) is -0.113. The fourth-order valence-electron chi connectivity index (χ4n) is 2.15. The Balaban J connectivity index is 1.98. The van der Waals surface area contributed by atoms with Gasteiger partial charge in [0.05, 0.1) is 11.1 Å². The van der Waals surface area contributed by atoms with E-state index in [1.165, 1.54) is 11.3 Å². The lowest BCUT2D eigenvalue weighted by molar-refractivity contribution is 0.0790. The Morgan fingerprint density at radius 3 is 2.60 bits per heavy atom. The van der Waals surface area contributed by atoms with Gasteiger partial charge in [-0.05, 0) is 36.2 Å². The second kappa shape index (κ2) is 8.51. The van der Waals surface area contributed by atoms with Crippen LogP contribution in [-0.2, 0) is 23.0 Å². The van der Waals surface area contributed by atoms with E-state index in [4.69, 9.17) is 23.2 Å². The molecule has 0 unspecified atom stereocenters. The molecule has 1 amide bonds. The molecule has 0 radical (unpaired) electrons. The Labute approximate surface area is 161 Å². The zero-order valence-corrected chi connectivity index (χ0v) is 16.9. The standard InChI is InChI=1S/C16H18Cl2N2O3S2/c1-20(10-11-3-4-12(17)9-14(11)18)16(21)15-6-5-13(24-15)7-8-19-25(2,22)23/h3-6,9,19H,7-8,10H2,1-2H3. The number of rotatable bonds is 7. The number of nitrogens with one attached hydrogen (secondary N) is 1. The minimum absolute atomic E-state index is 0.113. The summed E-state index contributed by atoms with van der Waals surface area (Å²) in [5, 5.41) is 1.07. The van der Waals surface area contributed by atoms with Crippen molar-refractivity contribution in [2.75, 3.05) is 19.8 Å². The SMILES string of the molecule is CN(Cc1ccc(Cl)cc1Cl)C(=O)c1ccc(CCNS(C)(=O)=O)s1. The largest absolute Gasteiger partial charge is 0.337 e. The molecule has 0 atom stereocenters. The van der Waals surface area contributed by atoms with Crippen LogP contribution in [0.2, 0.25) is 10.0 Å². The summed E-state index contributed by atoms with van der Waals surface area (Å²) in [4.78, 5) is 15.7. The zero-order chi connectivity index (χ0) is 18.6. The minimum atomic E-state index is -3.20. The van der Waals surface area contributed by atoms with Crippen LogP contribution in [0.5, 0.6) is 0 Å². The van der Waals surface area contributed by atoms with E-state index in [-0.39, 0.29) is 5.91 Å². The summed E-state index contributed by atoms with van der Waals surface area (Å²) in [6, 6.07) is 8.77. The van der Waals surface area contributed by atoms with Crippen LogP contribution >= 0.6 is 34.5 Å². The van der Waals surface area contributed by atoms with Crippen LogP contribution in [0.25, 0.3) is 0 Å². The average molecular weight is 421 g/mol. The quantitative estimate of drug-likeness (QED) is 0.745. The molecular formula is C16H18Cl2N2O3S2. The number of nitrogens with zero attached hydrogens (tertiary/aromatic N) is 1. The Hall–Kier alpha value is -1.12. The Morgan fingerprint density at radius 2 is 1.96 bits per heavy atom. The van der Waals surface area contributed by atoms with Gasteiger partial charge in [0, 0.05) is 35.1 Å². The third-order valence-electron chi connectivity index (χ3n) is 3.38. The van der Waals surface area contributed by atoms with Crippen molar-refractivity contribution < 1.29 is 13.2 Å². The predicted octanol–water partition coefficient (Wildman–Crippen LogP) is 3.42. The molecule has 5 nitrogen and oxygen atoms in total. The van der Waals surface area contributed by atoms with Gasteiger partial charge in [-0.2, -0.15) is 0 Å². The fraction of sp³-hybridized carbons (Fsp3) is 0.312. The van der Waals surface area contributed by atoms with Crippen LogP contribution in [0.1, 0.15) is 20.1 Å². The summed E-state index contributed by atoms with van der Waals surface area (Å²) >= 11 is 13.4. The van der Waals surface area contributed by atoms with Crippen molar-refractivity contribution in [3.8, 4) is 0 Å². The molecule has 1 aromatic heterocycles. The number of halogens is 2. The van der Waals surface area contributed by atoms with Gasteiger partial charge in [0.2, 0.25) is 10.0 Å². The molecule has 0 saturated heterocycles. The van der Waals surface area contributed by atoms with Gasteiger partial charge in [-0.1, -0.05) is 29.3 Å². The highest BCUT2D eigenvalue weighted by Crippen LogP contribution is 2.24. The molecule has 136 valence electrons. The fourth-order valence-corrected chi connectivity index (χ4v) is 4.10. The molecule has 0 saturated carbocycles. The number of carbonyl (C=O) groups is 1. The van der Waals surface area contributed by atoms with E-state index in [0.29, 0.717) is 34.4 Å². The lowest BCUT2D eigenvalue weighted by Crippen LogP contribution is -2.25. The van der Waals surface area contributed by atoms with E-state index < -0.39 is 10.0 Å². The summed E-state index contributed by atoms with van der Waals surface area (Å²) < 4.78 is 24.6. The highest BCUT2D eigenvalue weighted by molar-refractivity contribution is 7.88. The van der Waals surface area contributed by atoms with Crippen molar-refractivity contribution in [2.24, 2.45) is 0 Å². The summed E-state index contributed by atoms with van der Waals surface area (Å²) in [6.07, 6.45) is 1.66. The van der Waals surface area contributed by atoms with Crippen molar-refractivity contribution in [1.82, 2.24) is 9.62 Å². The maximum Gasteiger partial charge on any atom is 0.263 e. The minimum Gasteiger partial charge on any atom is -0.337 e. The molecule has 1 aromatic carbocycles. The lowest BCUT2D eigenvalue weighted by Gasteiger charge is -2.17. The van der Waals surface area contributed by atoms with Crippen molar-refractivity contribution in [3.63, 3.8) is 0 Å². The van der Waals surface area contributed by atoms with Gasteiger partial charge in [-0.3, -0.25) is 4.79 Å². The molecule has 0 fully saturated rings. The number of carbonyl (C=O) groups excluding carboxylic acids is 1. The van der Waals surface area contributed by atoms with Crippen molar-refractivity contribution in [1.29, 1.82) is 0 Å². The van der Waals surface area contributed by atoms with Gasteiger partial charge >= 0.3 is 0 Å². The molecule has 1 N–H and O–H groups in total. The third kappa shape index (κ3) is 6.27. The molecule has 2 rings (SSSR count). The maximum atomic E-state index is 12.5. The second-order valence-corrected chi connectivity index (χ2v) is 9.42. The Kier molecular flexibility index (Phi) is 6.87. The average Bonchev–Trinajstić information content (AvgIpc) is 2.96. The molecule has 9 heteroatoms. The van der Waals surface area contributed by atoms with E-state index in [9.17, 15) is 13.2 Å². The second-order valence-electron chi connectivity index (χ2n) is 5.58. The number of benzene rings is 1. The van der Waals surface area contributed by atoms with Crippen LogP contribution in [0.4, 0.5) is 0 Å². The first-order valence-corrected chi connectivity index (χ1v) is 10.8. The topological polar surface area (TPSA) is 66.5 Å². The summed E-state index contributed by atoms with van der Waals surface area (Å²) in [6.45, 7) is 0.681. The Morgan fingerprint density at radius 1 is 1.24 bits per heavy atom. The van der Waals surface area contributed by atoms with Gasteiger partial charge in [0.1, 0.15) is 0 Å². The van der Waals surface area contributed by atoms with Crippen LogP contribution < -0.4 is 4.72 Å². The van der Waals surface area contributed by atoms with Crippen molar-refractivity contribution in [2.45, 2.75) is 13.0 Å². The third-order valence-corrected chi connectivity index (χ3v) is 5.83. The number of hydrogen-bond donors (Lipinski definition) is 1. The van der Waals surface area contributed by atoms with Crippen LogP contribution in [0, 0.1) is 0 Å². The highest BCUT2D eigenvalue weighted by atomic mass is 35.5. The number of amides is 1. The lowest BCUT2D eigenvalue weighted by atomic mass is 10.2. The molecule has 0 aliphatic rings. The van der Waals surface area contributed by atoms with E-state index in [1.54, 1.807) is 36.2 Å². The molecule has 0 bridgehead atoms. The number of thiophene rings is 1. The molecule has 0 aliphatic carbocycles. The van der Waals surface area contributed by atoms with Gasteiger partial charge in [-0.15, -0.1) is 11.3 Å². The Bertz CT molecular complexity index is 866. The molecular weight excluding hydrogens is 403 g/mol. The molecule has 0 aliphatic heterocycles. The van der Waals surface area contributed by atoms with Crippen LogP contribution in [0.15, 0.2) is 30.3 Å². The maximum absolute atomic E-state index is 12.5. The highest BCUT2D eigenvalue weighted by Gasteiger charge is 2.16. The smallest absolute Gasteiger partial charge is 0.263 e. The van der Waals surface area contributed by atoms with Crippen LogP contribution in [-0.4, -0.2) is 39.1 Å². The van der Waals surface area contributed by atoms with E-state index in [0.717, 1.165) is 16.7 Å². The van der Waals surface area contributed by atoms with Gasteiger partial charge in [0.15, 0.2) is 0 Å². The van der Waals surface area contributed by atoms with Crippen LogP contribution in [0.3, 0.4) is 0 Å². The summed E-state index contributed by atoms with van der Waals surface area (Å²) in [7, 11) is -1.50. The first-order valence-electron chi connectivity index (χ1n) is 7.38. The van der Waals surface area contributed by atoms with Crippen molar-refractivity contribution >= 4 is 50.5 Å². The first-order chi connectivity index (χ1) is 11.7. The molecule has 2 aromatic rings. The number of hydrogen-bond acceptors (Lipinski definition) is 4. The van der Waals surface area contributed by atoms with E-state index >= 15 is 0 Å². The normalized spacial score (nSPS) is 11.5. The zero-order valence-electron chi connectivity index (χ0n) is 13.8. The van der Waals surface area contributed by atoms with Gasteiger partial charge < -0.3 is 4.90 Å². The first kappa shape index (κ1) is 20.2.